The Morgan fingerprint density at radius 1 is 1.17 bits per heavy atom. The molecule has 3 aliphatic rings. The number of benzene rings is 1. The second-order valence-corrected chi connectivity index (χ2v) is 8.45. The summed E-state index contributed by atoms with van der Waals surface area (Å²) in [5.41, 5.74) is -1.38. The molecule has 2 saturated carbocycles. The first-order valence-electron chi connectivity index (χ1n) is 7.60. The first-order valence-corrected chi connectivity index (χ1v) is 8.93. The number of hydrogen-bond acceptors (Lipinski definition) is 5. The van der Waals surface area contributed by atoms with Crippen molar-refractivity contribution in [2.45, 2.75) is 38.9 Å². The van der Waals surface area contributed by atoms with E-state index in [0.717, 1.165) is 5.56 Å². The molecule has 0 amide bonds. The molecule has 3 fully saturated rings. The van der Waals surface area contributed by atoms with E-state index in [4.69, 9.17) is 8.37 Å². The number of fused-ring (bicyclic) bond motifs is 1. The van der Waals surface area contributed by atoms with Crippen LogP contribution in [0.3, 0.4) is 0 Å². The fraction of sp³-hybridized carbons (Fsp3) is 0.471. The molecule has 122 valence electrons. The second kappa shape index (κ2) is 4.12. The molecule has 1 saturated heterocycles. The summed E-state index contributed by atoms with van der Waals surface area (Å²) in [4.78, 5) is 13.1. The molecule has 1 heterocycles. The van der Waals surface area contributed by atoms with Gasteiger partial charge in [-0.3, -0.25) is 4.79 Å². The van der Waals surface area contributed by atoms with Gasteiger partial charge >= 0.3 is 10.4 Å². The van der Waals surface area contributed by atoms with Crippen LogP contribution in [-0.2, 0) is 23.6 Å². The number of carbonyl (C=O) groups excluding carboxylic acids is 1. The van der Waals surface area contributed by atoms with Crippen molar-refractivity contribution in [3.05, 3.63) is 41.5 Å². The highest BCUT2D eigenvalue weighted by molar-refractivity contribution is 7.82. The molecule has 1 aromatic carbocycles. The Kier molecular flexibility index (Phi) is 2.70. The Hall–Kier alpha value is -1.50. The van der Waals surface area contributed by atoms with Gasteiger partial charge in [-0.1, -0.05) is 51.1 Å². The van der Waals surface area contributed by atoms with Crippen molar-refractivity contribution < 1.29 is 21.6 Å². The van der Waals surface area contributed by atoms with Gasteiger partial charge in [0.05, 0.1) is 0 Å². The SMILES string of the molecule is CC12CC3OS(=O)(=O)OC3(/C(=C/c3ccccc3)C1=O)C2(C)C. The smallest absolute Gasteiger partial charge is 0.294 e. The third-order valence-electron chi connectivity index (χ3n) is 6.08. The summed E-state index contributed by atoms with van der Waals surface area (Å²) in [6.45, 7) is 5.66. The van der Waals surface area contributed by atoms with Gasteiger partial charge in [-0.15, -0.1) is 0 Å². The number of rotatable bonds is 1. The first-order chi connectivity index (χ1) is 10.6. The zero-order valence-electron chi connectivity index (χ0n) is 13.2. The summed E-state index contributed by atoms with van der Waals surface area (Å²) in [7, 11) is -4.09. The fourth-order valence-electron chi connectivity index (χ4n) is 4.45. The van der Waals surface area contributed by atoms with E-state index in [2.05, 4.69) is 0 Å². The summed E-state index contributed by atoms with van der Waals surface area (Å²) in [6.07, 6.45) is 1.44. The second-order valence-electron chi connectivity index (χ2n) is 7.27. The third kappa shape index (κ3) is 1.59. The Balaban J connectivity index is 1.98. The Bertz CT molecular complexity index is 839. The number of carbonyl (C=O) groups is 1. The van der Waals surface area contributed by atoms with Crippen molar-refractivity contribution >= 4 is 22.3 Å². The van der Waals surface area contributed by atoms with Crippen LogP contribution in [0, 0.1) is 10.8 Å². The van der Waals surface area contributed by atoms with Crippen molar-refractivity contribution in [3.8, 4) is 0 Å². The van der Waals surface area contributed by atoms with Gasteiger partial charge in [0.25, 0.3) is 0 Å². The number of ketones is 1. The average Bonchev–Trinajstić information content (AvgIpc) is 2.87. The molecule has 23 heavy (non-hydrogen) atoms. The monoisotopic (exact) mass is 334 g/mol. The molecule has 6 heteroatoms. The van der Waals surface area contributed by atoms with Crippen molar-refractivity contribution in [1.82, 2.24) is 0 Å². The van der Waals surface area contributed by atoms with Gasteiger partial charge < -0.3 is 0 Å². The number of Topliss-reactive ketones (excluding diaryl/α,β-unsaturated/α-hetero) is 1. The van der Waals surface area contributed by atoms with E-state index in [9.17, 15) is 13.2 Å². The van der Waals surface area contributed by atoms with E-state index < -0.39 is 32.9 Å². The van der Waals surface area contributed by atoms with E-state index in [1.54, 1.807) is 6.08 Å². The van der Waals surface area contributed by atoms with Crippen LogP contribution >= 0.6 is 0 Å². The minimum absolute atomic E-state index is 0.0525. The van der Waals surface area contributed by atoms with Crippen LogP contribution in [0.25, 0.3) is 6.08 Å². The van der Waals surface area contributed by atoms with Gasteiger partial charge in [0.15, 0.2) is 11.4 Å². The molecule has 0 radical (unpaired) electrons. The molecule has 1 aromatic rings. The predicted molar refractivity (Wildman–Crippen MR) is 83.5 cm³/mol. The Labute approximate surface area is 135 Å². The lowest BCUT2D eigenvalue weighted by Gasteiger charge is -2.36. The molecule has 1 spiro atoms. The van der Waals surface area contributed by atoms with Crippen LogP contribution in [0.2, 0.25) is 0 Å². The zero-order chi connectivity index (χ0) is 16.7. The average molecular weight is 334 g/mol. The van der Waals surface area contributed by atoms with Crippen molar-refractivity contribution in [1.29, 1.82) is 0 Å². The third-order valence-corrected chi connectivity index (χ3v) is 7.01. The van der Waals surface area contributed by atoms with Crippen LogP contribution in [0.4, 0.5) is 0 Å². The van der Waals surface area contributed by atoms with Gasteiger partial charge in [-0.05, 0) is 18.1 Å². The van der Waals surface area contributed by atoms with Gasteiger partial charge in [0.1, 0.15) is 6.10 Å². The lowest BCUT2D eigenvalue weighted by atomic mass is 9.69. The molecule has 2 bridgehead atoms. The van der Waals surface area contributed by atoms with Crippen LogP contribution in [0.1, 0.15) is 32.8 Å². The van der Waals surface area contributed by atoms with E-state index in [1.807, 2.05) is 51.1 Å². The van der Waals surface area contributed by atoms with Crippen LogP contribution in [-0.4, -0.2) is 25.9 Å². The summed E-state index contributed by atoms with van der Waals surface area (Å²) in [5.74, 6) is -0.0525. The van der Waals surface area contributed by atoms with E-state index >= 15 is 0 Å². The maximum Gasteiger partial charge on any atom is 0.401 e. The number of hydrogen-bond donors (Lipinski definition) is 0. The van der Waals surface area contributed by atoms with Crippen LogP contribution < -0.4 is 0 Å². The van der Waals surface area contributed by atoms with Crippen molar-refractivity contribution in [3.63, 3.8) is 0 Å². The van der Waals surface area contributed by atoms with Gasteiger partial charge in [-0.25, -0.2) is 8.37 Å². The van der Waals surface area contributed by atoms with E-state index in [-0.39, 0.29) is 5.78 Å². The molecule has 0 N–H and O–H groups in total. The van der Waals surface area contributed by atoms with Gasteiger partial charge in [-0.2, -0.15) is 8.42 Å². The summed E-state index contributed by atoms with van der Waals surface area (Å²) in [5, 5.41) is 0. The lowest BCUT2D eigenvalue weighted by Crippen LogP contribution is -2.46. The Morgan fingerprint density at radius 3 is 2.48 bits per heavy atom. The predicted octanol–water partition coefficient (Wildman–Crippen LogP) is 2.49. The molecular weight excluding hydrogens is 316 g/mol. The van der Waals surface area contributed by atoms with E-state index in [1.165, 1.54) is 0 Å². The summed E-state index contributed by atoms with van der Waals surface area (Å²) >= 11 is 0. The highest BCUT2D eigenvalue weighted by Crippen LogP contribution is 2.72. The first kappa shape index (κ1) is 15.1. The van der Waals surface area contributed by atoms with Gasteiger partial charge in [0, 0.05) is 16.4 Å². The van der Waals surface area contributed by atoms with Crippen molar-refractivity contribution in [2.75, 3.05) is 0 Å². The highest BCUT2D eigenvalue weighted by atomic mass is 32.3. The molecule has 4 rings (SSSR count). The molecule has 5 nitrogen and oxygen atoms in total. The minimum Gasteiger partial charge on any atom is -0.294 e. The fourth-order valence-corrected chi connectivity index (χ4v) is 5.71. The molecule has 3 atom stereocenters. The van der Waals surface area contributed by atoms with Crippen LogP contribution in [0.5, 0.6) is 0 Å². The molecule has 2 aliphatic carbocycles. The lowest BCUT2D eigenvalue weighted by molar-refractivity contribution is -0.126. The maximum atomic E-state index is 13.1. The molecular formula is C17H18O5S. The largest absolute Gasteiger partial charge is 0.401 e. The molecule has 1 aliphatic heterocycles. The maximum absolute atomic E-state index is 13.1. The highest BCUT2D eigenvalue weighted by Gasteiger charge is 2.82. The Morgan fingerprint density at radius 2 is 1.83 bits per heavy atom. The molecule has 0 aromatic heterocycles. The molecule has 3 unspecified atom stereocenters. The van der Waals surface area contributed by atoms with Gasteiger partial charge in [0.2, 0.25) is 0 Å². The minimum atomic E-state index is -4.09. The van der Waals surface area contributed by atoms with Crippen molar-refractivity contribution in [2.24, 2.45) is 10.8 Å². The van der Waals surface area contributed by atoms with E-state index in [0.29, 0.717) is 12.0 Å². The summed E-state index contributed by atoms with van der Waals surface area (Å²) in [6, 6.07) is 9.37. The normalized spacial score (nSPS) is 41.4. The standard InChI is InChI=1S/C17H18O5S/c1-15(2)16(3)10-13-17(15,22-23(19,20)21-13)12(14(16)18)9-11-7-5-4-6-8-11/h4-9,13H,10H2,1-3H3/b12-9+. The topological polar surface area (TPSA) is 69.7 Å². The quantitative estimate of drug-likeness (QED) is 0.738. The zero-order valence-corrected chi connectivity index (χ0v) is 14.0. The van der Waals surface area contributed by atoms with Crippen LogP contribution in [0.15, 0.2) is 35.9 Å². The summed E-state index contributed by atoms with van der Waals surface area (Å²) < 4.78 is 34.5.